The van der Waals surface area contributed by atoms with Crippen molar-refractivity contribution in [1.29, 1.82) is 0 Å². The van der Waals surface area contributed by atoms with E-state index in [2.05, 4.69) is 10.1 Å². The molecule has 0 unspecified atom stereocenters. The maximum atomic E-state index is 12.6. The summed E-state index contributed by atoms with van der Waals surface area (Å²) in [6.07, 6.45) is 5.40. The van der Waals surface area contributed by atoms with Crippen LogP contribution in [0.15, 0.2) is 47.3 Å². The molecule has 0 fully saturated rings. The summed E-state index contributed by atoms with van der Waals surface area (Å²) in [6, 6.07) is 12.8. The van der Waals surface area contributed by atoms with Crippen molar-refractivity contribution in [2.45, 2.75) is 0 Å². The number of thiazole rings is 1. The van der Waals surface area contributed by atoms with E-state index < -0.39 is 0 Å². The van der Waals surface area contributed by atoms with E-state index in [1.807, 2.05) is 30.3 Å². The van der Waals surface area contributed by atoms with Gasteiger partial charge in [-0.3, -0.25) is 4.79 Å². The lowest BCUT2D eigenvalue weighted by molar-refractivity contribution is 0.415. The van der Waals surface area contributed by atoms with Gasteiger partial charge in [0, 0.05) is 0 Å². The maximum absolute atomic E-state index is 12.6. The summed E-state index contributed by atoms with van der Waals surface area (Å²) in [6.45, 7) is 0. The van der Waals surface area contributed by atoms with E-state index in [1.165, 1.54) is 15.9 Å². The van der Waals surface area contributed by atoms with E-state index in [0.717, 1.165) is 16.9 Å². The lowest BCUT2D eigenvalue weighted by Crippen LogP contribution is -2.23. The normalized spacial score (nSPS) is 12.3. The van der Waals surface area contributed by atoms with Gasteiger partial charge in [0.2, 0.25) is 4.96 Å². The quantitative estimate of drug-likeness (QED) is 0.488. The van der Waals surface area contributed by atoms with Gasteiger partial charge < -0.3 is 4.74 Å². The van der Waals surface area contributed by atoms with Crippen molar-refractivity contribution in [3.63, 3.8) is 0 Å². The Balaban J connectivity index is 1.64. The Morgan fingerprint density at radius 1 is 1.04 bits per heavy atom. The van der Waals surface area contributed by atoms with Crippen LogP contribution >= 0.6 is 34.5 Å². The second-order valence-electron chi connectivity index (χ2n) is 5.86. The number of benzene rings is 2. The summed E-state index contributed by atoms with van der Waals surface area (Å²) in [5.41, 5.74) is 1.55. The molecule has 0 aliphatic carbocycles. The Hall–Kier alpha value is -2.67. The van der Waals surface area contributed by atoms with Crippen LogP contribution in [0.3, 0.4) is 0 Å². The van der Waals surface area contributed by atoms with Crippen molar-refractivity contribution in [3.05, 3.63) is 84.3 Å². The van der Waals surface area contributed by atoms with Crippen LogP contribution in [-0.4, -0.2) is 21.7 Å². The zero-order valence-corrected chi connectivity index (χ0v) is 16.9. The van der Waals surface area contributed by atoms with Crippen LogP contribution in [0.4, 0.5) is 0 Å². The van der Waals surface area contributed by atoms with E-state index in [4.69, 9.17) is 27.9 Å². The molecule has 4 rings (SSSR count). The van der Waals surface area contributed by atoms with Crippen LogP contribution in [0.1, 0.15) is 17.0 Å². The number of hydrogen-bond acceptors (Lipinski definition) is 5. The molecule has 0 atom stereocenters. The molecule has 0 aliphatic heterocycles. The van der Waals surface area contributed by atoms with Crippen LogP contribution in [0.5, 0.6) is 5.75 Å². The Morgan fingerprint density at radius 2 is 1.79 bits per heavy atom. The van der Waals surface area contributed by atoms with Gasteiger partial charge >= 0.3 is 0 Å². The summed E-state index contributed by atoms with van der Waals surface area (Å²) in [5.74, 6) is 1.26. The minimum Gasteiger partial charge on any atom is -0.497 e. The van der Waals surface area contributed by atoms with Gasteiger partial charge in [-0.05, 0) is 47.5 Å². The van der Waals surface area contributed by atoms with E-state index in [9.17, 15) is 4.79 Å². The van der Waals surface area contributed by atoms with Gasteiger partial charge in [-0.2, -0.15) is 9.50 Å². The van der Waals surface area contributed by atoms with Crippen molar-refractivity contribution in [2.24, 2.45) is 0 Å². The molecule has 0 amide bonds. The molecular formula is C20H13Cl2N3O2S. The number of fused-ring (bicyclic) bond motifs is 1. The third kappa shape index (κ3) is 3.80. The number of ether oxygens (including phenoxy) is 1. The molecule has 4 aromatic rings. The van der Waals surface area contributed by atoms with Crippen LogP contribution in [0, 0.1) is 0 Å². The van der Waals surface area contributed by atoms with Gasteiger partial charge in [-0.25, -0.2) is 0 Å². The lowest BCUT2D eigenvalue weighted by atomic mass is 10.2. The molecule has 8 heteroatoms. The van der Waals surface area contributed by atoms with Crippen molar-refractivity contribution in [2.75, 3.05) is 7.11 Å². The van der Waals surface area contributed by atoms with Gasteiger partial charge in [-0.15, -0.1) is 5.10 Å². The second-order valence-corrected chi connectivity index (χ2v) is 7.68. The SMILES string of the molecule is COc1ccc(/C=C/c2nc3s/c(=C/c4ccc(Cl)c(Cl)c4)c(=O)n3n2)cc1. The molecule has 2 heterocycles. The molecule has 140 valence electrons. The van der Waals surface area contributed by atoms with E-state index in [0.29, 0.717) is 25.4 Å². The lowest BCUT2D eigenvalue weighted by Gasteiger charge is -1.98. The number of nitrogens with zero attached hydrogens (tertiary/aromatic N) is 3. The zero-order valence-electron chi connectivity index (χ0n) is 14.6. The van der Waals surface area contributed by atoms with E-state index >= 15 is 0 Å². The first-order chi connectivity index (χ1) is 13.5. The third-order valence-corrected chi connectivity index (χ3v) is 5.68. The topological polar surface area (TPSA) is 56.5 Å². The maximum Gasteiger partial charge on any atom is 0.291 e. The molecule has 2 aromatic carbocycles. The number of methoxy groups -OCH3 is 1. The van der Waals surface area contributed by atoms with Crippen LogP contribution < -0.4 is 14.8 Å². The standard InChI is InChI=1S/C20H13Cl2N3O2S/c1-27-14-6-2-12(3-7-14)5-9-18-23-20-25(24-18)19(26)17(28-20)11-13-4-8-15(21)16(22)10-13/h2-11H,1H3/b9-5+,17-11+. The summed E-state index contributed by atoms with van der Waals surface area (Å²) in [5, 5.41) is 5.19. The average molecular weight is 430 g/mol. The fourth-order valence-electron chi connectivity index (χ4n) is 2.56. The minimum atomic E-state index is -0.220. The van der Waals surface area contributed by atoms with Crippen LogP contribution in [0.25, 0.3) is 23.2 Å². The van der Waals surface area contributed by atoms with Crippen molar-refractivity contribution in [3.8, 4) is 5.75 Å². The van der Waals surface area contributed by atoms with Gasteiger partial charge in [0.25, 0.3) is 5.56 Å². The van der Waals surface area contributed by atoms with Crippen LogP contribution in [-0.2, 0) is 0 Å². The summed E-state index contributed by atoms with van der Waals surface area (Å²) >= 11 is 13.2. The predicted octanol–water partition coefficient (Wildman–Crippen LogP) is 4.18. The number of aromatic nitrogens is 3. The van der Waals surface area contributed by atoms with Crippen molar-refractivity contribution < 1.29 is 4.74 Å². The molecule has 2 aromatic heterocycles. The highest BCUT2D eigenvalue weighted by molar-refractivity contribution is 7.15. The highest BCUT2D eigenvalue weighted by atomic mass is 35.5. The predicted molar refractivity (Wildman–Crippen MR) is 114 cm³/mol. The van der Waals surface area contributed by atoms with Crippen molar-refractivity contribution in [1.82, 2.24) is 14.6 Å². The number of hydrogen-bond donors (Lipinski definition) is 0. The van der Waals surface area contributed by atoms with Gasteiger partial charge in [0.05, 0.1) is 21.7 Å². The first-order valence-electron chi connectivity index (χ1n) is 8.22. The van der Waals surface area contributed by atoms with Crippen LogP contribution in [0.2, 0.25) is 10.0 Å². The van der Waals surface area contributed by atoms with Gasteiger partial charge in [-0.1, -0.05) is 58.8 Å². The molecule has 5 nitrogen and oxygen atoms in total. The van der Waals surface area contributed by atoms with Gasteiger partial charge in [0.1, 0.15) is 5.75 Å². The fraction of sp³-hybridized carbons (Fsp3) is 0.0500. The highest BCUT2D eigenvalue weighted by Gasteiger charge is 2.09. The molecule has 0 bridgehead atoms. The molecule has 0 N–H and O–H groups in total. The third-order valence-electron chi connectivity index (χ3n) is 3.98. The Kier molecular flexibility index (Phi) is 5.17. The number of rotatable bonds is 4. The summed E-state index contributed by atoms with van der Waals surface area (Å²) in [7, 11) is 1.63. The molecule has 0 spiro atoms. The van der Waals surface area contributed by atoms with E-state index in [-0.39, 0.29) is 5.56 Å². The monoisotopic (exact) mass is 429 g/mol. The summed E-state index contributed by atoms with van der Waals surface area (Å²) < 4.78 is 6.97. The Bertz CT molecular complexity index is 1290. The molecule has 0 saturated carbocycles. The number of halogens is 2. The summed E-state index contributed by atoms with van der Waals surface area (Å²) in [4.78, 5) is 17.5. The van der Waals surface area contributed by atoms with Crippen molar-refractivity contribution >= 4 is 57.7 Å². The van der Waals surface area contributed by atoms with Gasteiger partial charge in [0.15, 0.2) is 5.82 Å². The second kappa shape index (κ2) is 7.75. The Morgan fingerprint density at radius 3 is 2.46 bits per heavy atom. The Labute approximate surface area is 174 Å². The highest BCUT2D eigenvalue weighted by Crippen LogP contribution is 2.22. The molecular weight excluding hydrogens is 417 g/mol. The molecule has 0 aliphatic rings. The molecule has 0 saturated heterocycles. The minimum absolute atomic E-state index is 0.220. The molecule has 0 radical (unpaired) electrons. The smallest absolute Gasteiger partial charge is 0.291 e. The first-order valence-corrected chi connectivity index (χ1v) is 9.79. The van der Waals surface area contributed by atoms with E-state index in [1.54, 1.807) is 37.5 Å². The zero-order chi connectivity index (χ0) is 19.7. The first kappa shape index (κ1) is 18.7. The molecule has 28 heavy (non-hydrogen) atoms. The fourth-order valence-corrected chi connectivity index (χ4v) is 3.78. The average Bonchev–Trinajstić information content (AvgIpc) is 3.22. The largest absolute Gasteiger partial charge is 0.497 e.